The molecule has 0 saturated heterocycles. The van der Waals surface area contributed by atoms with Gasteiger partial charge >= 0.3 is 0 Å². The fraction of sp³-hybridized carbons (Fsp3) is 0.500. The normalized spacial score (nSPS) is 11.7. The lowest BCUT2D eigenvalue weighted by atomic mass is 10.3. The van der Waals surface area contributed by atoms with Gasteiger partial charge in [-0.05, 0) is 44.7 Å². The summed E-state index contributed by atoms with van der Waals surface area (Å²) in [6, 6.07) is 2.14. The first-order chi connectivity index (χ1) is 10.6. The first kappa shape index (κ1) is 17.0. The molecule has 2 heterocycles. The molecule has 0 saturated carbocycles. The van der Waals surface area contributed by atoms with Gasteiger partial charge in [0.25, 0.3) is 0 Å². The maximum Gasteiger partial charge on any atom is 0.191 e. The van der Waals surface area contributed by atoms with Gasteiger partial charge in [-0.2, -0.15) is 0 Å². The van der Waals surface area contributed by atoms with E-state index >= 15 is 0 Å². The monoisotopic (exact) mass is 336 g/mol. The molecule has 2 rings (SSSR count). The average molecular weight is 337 g/mol. The number of aromatic nitrogens is 1. The minimum atomic E-state index is 0.730. The summed E-state index contributed by atoms with van der Waals surface area (Å²) < 4.78 is 0. The lowest BCUT2D eigenvalue weighted by Gasteiger charge is -2.10. The molecular formula is C16H24N4S2. The zero-order valence-corrected chi connectivity index (χ0v) is 15.3. The molecule has 0 aromatic carbocycles. The van der Waals surface area contributed by atoms with Crippen LogP contribution in [-0.2, 0) is 13.0 Å². The highest BCUT2D eigenvalue weighted by molar-refractivity contribution is 7.11. The molecule has 120 valence electrons. The molecule has 0 spiro atoms. The number of aliphatic imine (C=N–C) groups is 1. The first-order valence-corrected chi connectivity index (χ1v) is 9.27. The summed E-state index contributed by atoms with van der Waals surface area (Å²) in [5.41, 5.74) is 2.46. The van der Waals surface area contributed by atoms with Crippen molar-refractivity contribution in [3.63, 3.8) is 0 Å². The van der Waals surface area contributed by atoms with Crippen molar-refractivity contribution in [1.82, 2.24) is 15.6 Å². The van der Waals surface area contributed by atoms with Crippen LogP contribution in [0.4, 0.5) is 0 Å². The van der Waals surface area contributed by atoms with Gasteiger partial charge in [0, 0.05) is 29.3 Å². The Morgan fingerprint density at radius 3 is 2.68 bits per heavy atom. The highest BCUT2D eigenvalue weighted by Gasteiger charge is 2.04. The van der Waals surface area contributed by atoms with Crippen molar-refractivity contribution in [2.24, 2.45) is 4.99 Å². The Labute approximate surface area is 140 Å². The number of hydrogen-bond donors (Lipinski definition) is 2. The zero-order valence-electron chi connectivity index (χ0n) is 13.7. The third kappa shape index (κ3) is 4.81. The molecule has 0 radical (unpaired) electrons. The molecule has 0 unspecified atom stereocenters. The molecule has 0 aliphatic rings. The Kier molecular flexibility index (Phi) is 6.39. The fourth-order valence-corrected chi connectivity index (χ4v) is 3.76. The summed E-state index contributed by atoms with van der Waals surface area (Å²) in [5, 5.41) is 9.99. The molecule has 2 aromatic heterocycles. The average Bonchev–Trinajstić information content (AvgIpc) is 3.02. The highest BCUT2D eigenvalue weighted by Crippen LogP contribution is 2.17. The van der Waals surface area contributed by atoms with Crippen LogP contribution in [0.15, 0.2) is 16.4 Å². The molecular weight excluding hydrogens is 312 g/mol. The van der Waals surface area contributed by atoms with E-state index in [1.165, 1.54) is 20.3 Å². The molecule has 0 aliphatic heterocycles. The predicted molar refractivity (Wildman–Crippen MR) is 97.2 cm³/mol. The summed E-state index contributed by atoms with van der Waals surface area (Å²) in [6.07, 6.45) is 0.932. The smallest absolute Gasteiger partial charge is 0.191 e. The van der Waals surface area contributed by atoms with E-state index in [1.807, 2.05) is 0 Å². The SMILES string of the molecule is CCNC(=NCc1sccc1C)NCCc1nc(C)c(C)s1. The highest BCUT2D eigenvalue weighted by atomic mass is 32.1. The van der Waals surface area contributed by atoms with Crippen LogP contribution < -0.4 is 10.6 Å². The summed E-state index contributed by atoms with van der Waals surface area (Å²) >= 11 is 3.55. The van der Waals surface area contributed by atoms with Crippen LogP contribution in [0.3, 0.4) is 0 Å². The van der Waals surface area contributed by atoms with E-state index in [9.17, 15) is 0 Å². The number of nitrogens with one attached hydrogen (secondary N) is 2. The van der Waals surface area contributed by atoms with Gasteiger partial charge in [0.2, 0.25) is 0 Å². The second-order valence-corrected chi connectivity index (χ2v) is 7.44. The number of hydrogen-bond acceptors (Lipinski definition) is 4. The minimum absolute atomic E-state index is 0.730. The molecule has 0 bridgehead atoms. The van der Waals surface area contributed by atoms with Crippen LogP contribution in [0.25, 0.3) is 0 Å². The molecule has 0 fully saturated rings. The lowest BCUT2D eigenvalue weighted by Crippen LogP contribution is -2.38. The van der Waals surface area contributed by atoms with Crippen LogP contribution in [-0.4, -0.2) is 24.0 Å². The number of rotatable bonds is 6. The number of guanidine groups is 1. The van der Waals surface area contributed by atoms with Crippen molar-refractivity contribution in [2.45, 2.75) is 40.7 Å². The van der Waals surface area contributed by atoms with Crippen LogP contribution >= 0.6 is 22.7 Å². The third-order valence-electron chi connectivity index (χ3n) is 3.40. The second kappa shape index (κ2) is 8.29. The fourth-order valence-electron chi connectivity index (χ4n) is 1.99. The summed E-state index contributed by atoms with van der Waals surface area (Å²) in [5.74, 6) is 0.875. The van der Waals surface area contributed by atoms with E-state index in [2.05, 4.69) is 59.8 Å². The van der Waals surface area contributed by atoms with Crippen molar-refractivity contribution in [1.29, 1.82) is 0 Å². The maximum atomic E-state index is 4.66. The summed E-state index contributed by atoms with van der Waals surface area (Å²) in [7, 11) is 0. The Bertz CT molecular complexity index is 608. The van der Waals surface area contributed by atoms with Crippen LogP contribution in [0, 0.1) is 20.8 Å². The van der Waals surface area contributed by atoms with E-state index in [1.54, 1.807) is 22.7 Å². The van der Waals surface area contributed by atoms with E-state index in [0.29, 0.717) is 0 Å². The molecule has 2 N–H and O–H groups in total. The maximum absolute atomic E-state index is 4.66. The van der Waals surface area contributed by atoms with Gasteiger partial charge in [-0.15, -0.1) is 22.7 Å². The molecule has 6 heteroatoms. The number of nitrogens with zero attached hydrogens (tertiary/aromatic N) is 2. The third-order valence-corrected chi connectivity index (χ3v) is 5.54. The first-order valence-electron chi connectivity index (χ1n) is 7.58. The molecule has 22 heavy (non-hydrogen) atoms. The van der Waals surface area contributed by atoms with Gasteiger partial charge in [-0.1, -0.05) is 0 Å². The number of thiophene rings is 1. The van der Waals surface area contributed by atoms with E-state index < -0.39 is 0 Å². The topological polar surface area (TPSA) is 49.3 Å². The van der Waals surface area contributed by atoms with E-state index in [-0.39, 0.29) is 0 Å². The quantitative estimate of drug-likeness (QED) is 0.628. The minimum Gasteiger partial charge on any atom is -0.357 e. The summed E-state index contributed by atoms with van der Waals surface area (Å²) in [6.45, 7) is 10.9. The largest absolute Gasteiger partial charge is 0.357 e. The van der Waals surface area contributed by atoms with Crippen molar-refractivity contribution < 1.29 is 0 Å². The molecule has 2 aromatic rings. The molecule has 0 aliphatic carbocycles. The van der Waals surface area contributed by atoms with Crippen LogP contribution in [0.2, 0.25) is 0 Å². The molecule has 4 nitrogen and oxygen atoms in total. The Morgan fingerprint density at radius 1 is 1.27 bits per heavy atom. The van der Waals surface area contributed by atoms with Crippen molar-refractivity contribution >= 4 is 28.6 Å². The Morgan fingerprint density at radius 2 is 2.09 bits per heavy atom. The molecule has 0 atom stereocenters. The van der Waals surface area contributed by atoms with Gasteiger partial charge in [0.15, 0.2) is 5.96 Å². The predicted octanol–water partition coefficient (Wildman–Crippen LogP) is 3.43. The van der Waals surface area contributed by atoms with Crippen LogP contribution in [0.5, 0.6) is 0 Å². The van der Waals surface area contributed by atoms with Crippen molar-refractivity contribution in [3.8, 4) is 0 Å². The van der Waals surface area contributed by atoms with Gasteiger partial charge in [0.05, 0.1) is 17.2 Å². The number of thiazole rings is 1. The van der Waals surface area contributed by atoms with Crippen LogP contribution in [0.1, 0.15) is 32.9 Å². The van der Waals surface area contributed by atoms with E-state index in [4.69, 9.17) is 0 Å². The Hall–Kier alpha value is -1.40. The number of aryl methyl sites for hydroxylation is 3. The Balaban J connectivity index is 1.87. The van der Waals surface area contributed by atoms with Gasteiger partial charge in [0.1, 0.15) is 0 Å². The lowest BCUT2D eigenvalue weighted by molar-refractivity contribution is 0.796. The zero-order chi connectivity index (χ0) is 15.9. The molecule has 0 amide bonds. The van der Waals surface area contributed by atoms with Crippen molar-refractivity contribution in [3.05, 3.63) is 37.5 Å². The second-order valence-electron chi connectivity index (χ2n) is 5.15. The van der Waals surface area contributed by atoms with E-state index in [0.717, 1.165) is 37.7 Å². The standard InChI is InChI=1S/C16H24N4S2/c1-5-17-16(19-10-14-11(2)7-9-21-14)18-8-6-15-20-12(3)13(4)22-15/h7,9H,5-6,8,10H2,1-4H3,(H2,17,18,19). The van der Waals surface area contributed by atoms with Gasteiger partial charge in [-0.25, -0.2) is 9.98 Å². The summed E-state index contributed by atoms with van der Waals surface area (Å²) in [4.78, 5) is 11.9. The van der Waals surface area contributed by atoms with Gasteiger partial charge < -0.3 is 10.6 Å². The van der Waals surface area contributed by atoms with Crippen molar-refractivity contribution in [2.75, 3.05) is 13.1 Å². The van der Waals surface area contributed by atoms with Gasteiger partial charge in [-0.3, -0.25) is 0 Å².